The van der Waals surface area contributed by atoms with Crippen LogP contribution in [0.3, 0.4) is 0 Å². The molecule has 0 saturated carbocycles. The Kier molecular flexibility index (Phi) is 3.12. The van der Waals surface area contributed by atoms with Crippen LogP contribution in [0.1, 0.15) is 5.56 Å². The fraction of sp³-hybridized carbons (Fsp3) is 0.0833. The molecule has 1 N–H and O–H groups in total. The molecule has 82 valence electrons. The number of hydrogen-bond acceptors (Lipinski definition) is 2. The number of aliphatic hydroxyl groups excluding tert-OH is 1. The molecule has 0 fully saturated rings. The quantitative estimate of drug-likeness (QED) is 0.857. The van der Waals surface area contributed by atoms with Crippen molar-refractivity contribution in [1.29, 1.82) is 0 Å². The third-order valence-electron chi connectivity index (χ3n) is 2.18. The van der Waals surface area contributed by atoms with Crippen molar-refractivity contribution < 1.29 is 9.50 Å². The van der Waals surface area contributed by atoms with Crippen molar-refractivity contribution in [2.24, 2.45) is 0 Å². The summed E-state index contributed by atoms with van der Waals surface area (Å²) >= 11 is 0. The molecule has 0 radical (unpaired) electrons. The van der Waals surface area contributed by atoms with Crippen molar-refractivity contribution in [3.05, 3.63) is 54.4 Å². The minimum atomic E-state index is -0.422. The van der Waals surface area contributed by atoms with Crippen molar-refractivity contribution in [3.63, 3.8) is 0 Å². The van der Waals surface area contributed by atoms with Gasteiger partial charge in [-0.1, -0.05) is 0 Å². The molecule has 3 nitrogen and oxygen atoms in total. The highest BCUT2D eigenvalue weighted by molar-refractivity contribution is 5.60. The molecule has 0 amide bonds. The Morgan fingerprint density at radius 1 is 1.38 bits per heavy atom. The van der Waals surface area contributed by atoms with E-state index in [1.165, 1.54) is 0 Å². The molecule has 0 atom stereocenters. The van der Waals surface area contributed by atoms with E-state index in [0.717, 1.165) is 11.8 Å². The number of benzene rings is 1. The van der Waals surface area contributed by atoms with Gasteiger partial charge in [0.05, 0.1) is 12.3 Å². The van der Waals surface area contributed by atoms with Gasteiger partial charge in [0.2, 0.25) is 0 Å². The maximum atomic E-state index is 13.3. The SMILES string of the molecule is OC/C=C(\F)c1ccc(-n2cccn2)cc1. The van der Waals surface area contributed by atoms with Gasteiger partial charge in [0.1, 0.15) is 5.83 Å². The van der Waals surface area contributed by atoms with Gasteiger partial charge in [-0.05, 0) is 36.4 Å². The van der Waals surface area contributed by atoms with Crippen molar-refractivity contribution in [2.75, 3.05) is 6.61 Å². The normalized spacial score (nSPS) is 11.8. The topological polar surface area (TPSA) is 38.0 Å². The molecule has 2 aromatic rings. The first-order chi connectivity index (χ1) is 7.81. The standard InChI is InChI=1S/C12H11FN2O/c13-12(6-9-16)10-2-4-11(5-3-10)15-8-1-7-14-15/h1-8,16H,9H2/b12-6-. The monoisotopic (exact) mass is 218 g/mol. The van der Waals surface area contributed by atoms with Gasteiger partial charge in [0.25, 0.3) is 0 Å². The Hall–Kier alpha value is -1.94. The highest BCUT2D eigenvalue weighted by Gasteiger charge is 2.00. The second kappa shape index (κ2) is 4.72. The summed E-state index contributed by atoms with van der Waals surface area (Å²) in [5.41, 5.74) is 1.32. The van der Waals surface area contributed by atoms with Crippen LogP contribution in [-0.4, -0.2) is 21.5 Å². The Bertz CT molecular complexity index is 474. The summed E-state index contributed by atoms with van der Waals surface area (Å²) in [6.07, 6.45) is 4.62. The van der Waals surface area contributed by atoms with Crippen LogP contribution >= 0.6 is 0 Å². The van der Waals surface area contributed by atoms with Gasteiger partial charge < -0.3 is 5.11 Å². The summed E-state index contributed by atoms with van der Waals surface area (Å²) in [7, 11) is 0. The molecule has 1 heterocycles. The average molecular weight is 218 g/mol. The van der Waals surface area contributed by atoms with Crippen LogP contribution in [0.5, 0.6) is 0 Å². The number of hydrogen-bond donors (Lipinski definition) is 1. The lowest BCUT2D eigenvalue weighted by molar-refractivity contribution is 0.342. The van der Waals surface area contributed by atoms with Gasteiger partial charge in [-0.3, -0.25) is 0 Å². The Morgan fingerprint density at radius 3 is 2.69 bits per heavy atom. The predicted molar refractivity (Wildman–Crippen MR) is 59.7 cm³/mol. The van der Waals surface area contributed by atoms with Gasteiger partial charge in [0, 0.05) is 18.0 Å². The minimum Gasteiger partial charge on any atom is -0.392 e. The Morgan fingerprint density at radius 2 is 2.12 bits per heavy atom. The first-order valence-electron chi connectivity index (χ1n) is 4.88. The molecule has 0 spiro atoms. The molecule has 0 saturated heterocycles. The van der Waals surface area contributed by atoms with E-state index in [4.69, 9.17) is 5.11 Å². The number of rotatable bonds is 3. The van der Waals surface area contributed by atoms with Crippen molar-refractivity contribution in [3.8, 4) is 5.69 Å². The molecule has 0 aliphatic heterocycles. The van der Waals surface area contributed by atoms with Crippen LogP contribution < -0.4 is 0 Å². The van der Waals surface area contributed by atoms with E-state index < -0.39 is 5.83 Å². The van der Waals surface area contributed by atoms with E-state index in [0.29, 0.717) is 5.56 Å². The number of aliphatic hydroxyl groups is 1. The summed E-state index contributed by atoms with van der Waals surface area (Å²) < 4.78 is 15.0. The largest absolute Gasteiger partial charge is 0.392 e. The smallest absolute Gasteiger partial charge is 0.128 e. The molecule has 1 aromatic carbocycles. The highest BCUT2D eigenvalue weighted by Crippen LogP contribution is 2.17. The first kappa shape index (κ1) is 10.6. The van der Waals surface area contributed by atoms with Crippen LogP contribution in [0.25, 0.3) is 11.5 Å². The zero-order valence-corrected chi connectivity index (χ0v) is 8.55. The second-order valence-corrected chi connectivity index (χ2v) is 3.23. The lowest BCUT2D eigenvalue weighted by Gasteiger charge is -2.02. The number of halogens is 1. The van der Waals surface area contributed by atoms with Gasteiger partial charge in [0.15, 0.2) is 0 Å². The van der Waals surface area contributed by atoms with Crippen LogP contribution in [-0.2, 0) is 0 Å². The molecule has 0 unspecified atom stereocenters. The van der Waals surface area contributed by atoms with Crippen LogP contribution in [0.15, 0.2) is 48.8 Å². The zero-order valence-electron chi connectivity index (χ0n) is 8.55. The van der Waals surface area contributed by atoms with Crippen LogP contribution in [0.4, 0.5) is 4.39 Å². The lowest BCUT2D eigenvalue weighted by Crippen LogP contribution is -1.93. The number of nitrogens with zero attached hydrogens (tertiary/aromatic N) is 2. The summed E-state index contributed by atoms with van der Waals surface area (Å²) in [6.45, 7) is -0.299. The van der Waals surface area contributed by atoms with Crippen LogP contribution in [0.2, 0.25) is 0 Å². The van der Waals surface area contributed by atoms with E-state index in [2.05, 4.69) is 5.10 Å². The molecule has 4 heteroatoms. The van der Waals surface area contributed by atoms with Crippen molar-refractivity contribution in [2.45, 2.75) is 0 Å². The highest BCUT2D eigenvalue weighted by atomic mass is 19.1. The molecular formula is C12H11FN2O. The maximum absolute atomic E-state index is 13.3. The molecule has 0 aliphatic carbocycles. The summed E-state index contributed by atoms with van der Waals surface area (Å²) in [5.74, 6) is -0.422. The predicted octanol–water partition coefficient (Wildman–Crippen LogP) is 2.17. The maximum Gasteiger partial charge on any atom is 0.128 e. The minimum absolute atomic E-state index is 0.299. The Labute approximate surface area is 92.5 Å². The molecular weight excluding hydrogens is 207 g/mol. The van der Waals surface area contributed by atoms with E-state index >= 15 is 0 Å². The zero-order chi connectivity index (χ0) is 11.4. The molecule has 0 aliphatic rings. The summed E-state index contributed by atoms with van der Waals surface area (Å²) in [6, 6.07) is 8.66. The van der Waals surface area contributed by atoms with Gasteiger partial charge in [-0.2, -0.15) is 5.10 Å². The van der Waals surface area contributed by atoms with E-state index in [9.17, 15) is 4.39 Å². The Balaban J connectivity index is 2.26. The molecule has 1 aromatic heterocycles. The molecule has 2 rings (SSSR count). The van der Waals surface area contributed by atoms with Gasteiger partial charge >= 0.3 is 0 Å². The summed E-state index contributed by atoms with van der Waals surface area (Å²) in [5, 5.41) is 12.6. The third-order valence-corrected chi connectivity index (χ3v) is 2.18. The van der Waals surface area contributed by atoms with Crippen molar-refractivity contribution >= 4 is 5.83 Å². The lowest BCUT2D eigenvalue weighted by atomic mass is 10.2. The third kappa shape index (κ3) is 2.17. The molecule has 0 bridgehead atoms. The number of aromatic nitrogens is 2. The summed E-state index contributed by atoms with van der Waals surface area (Å²) in [4.78, 5) is 0. The average Bonchev–Trinajstić information content (AvgIpc) is 2.83. The van der Waals surface area contributed by atoms with E-state index in [1.54, 1.807) is 35.1 Å². The fourth-order valence-corrected chi connectivity index (χ4v) is 1.39. The van der Waals surface area contributed by atoms with Gasteiger partial charge in [-0.25, -0.2) is 9.07 Å². The second-order valence-electron chi connectivity index (χ2n) is 3.23. The van der Waals surface area contributed by atoms with Crippen LogP contribution in [0, 0.1) is 0 Å². The van der Waals surface area contributed by atoms with Crippen molar-refractivity contribution in [1.82, 2.24) is 9.78 Å². The van der Waals surface area contributed by atoms with E-state index in [1.807, 2.05) is 12.3 Å². The van der Waals surface area contributed by atoms with E-state index in [-0.39, 0.29) is 6.61 Å². The first-order valence-corrected chi connectivity index (χ1v) is 4.88. The fourth-order valence-electron chi connectivity index (χ4n) is 1.39. The van der Waals surface area contributed by atoms with Gasteiger partial charge in [-0.15, -0.1) is 0 Å². The molecule has 16 heavy (non-hydrogen) atoms.